The number of rotatable bonds is 2. The van der Waals surface area contributed by atoms with E-state index in [0.29, 0.717) is 9.50 Å². The van der Waals surface area contributed by atoms with Gasteiger partial charge in [-0.15, -0.1) is 0 Å². The molecule has 1 amide bonds. The number of benzene rings is 1. The Morgan fingerprint density at radius 3 is 2.57 bits per heavy atom. The summed E-state index contributed by atoms with van der Waals surface area (Å²) in [4.78, 5) is 15.7. The van der Waals surface area contributed by atoms with Gasteiger partial charge in [0, 0.05) is 15.7 Å². The lowest BCUT2D eigenvalue weighted by Crippen LogP contribution is -2.15. The van der Waals surface area contributed by atoms with Crippen LogP contribution >= 0.6 is 27.5 Å². The van der Waals surface area contributed by atoms with Gasteiger partial charge in [0.15, 0.2) is 0 Å². The zero-order valence-electron chi connectivity index (χ0n) is 10.2. The maximum Gasteiger partial charge on any atom is 0.416 e. The minimum absolute atomic E-state index is 0.00315. The van der Waals surface area contributed by atoms with E-state index in [0.717, 1.165) is 12.1 Å². The molecule has 0 fully saturated rings. The number of hydrogen-bond acceptors (Lipinski definition) is 2. The standard InChI is InChI=1S/C13H7BrClF3N2O/c14-9-2-1-7(13(16,17)18)5-10(9)20-12(21)11-6-8(15)3-4-19-11/h1-6H,(H,20,21). The average Bonchev–Trinajstić information content (AvgIpc) is 2.40. The maximum absolute atomic E-state index is 12.7. The molecule has 1 N–H and O–H groups in total. The highest BCUT2D eigenvalue weighted by atomic mass is 79.9. The van der Waals surface area contributed by atoms with E-state index in [2.05, 4.69) is 26.2 Å². The predicted octanol–water partition coefficient (Wildman–Crippen LogP) is 4.77. The lowest BCUT2D eigenvalue weighted by Gasteiger charge is -2.11. The van der Waals surface area contributed by atoms with Crippen LogP contribution in [-0.2, 0) is 6.18 Å². The van der Waals surface area contributed by atoms with Gasteiger partial charge >= 0.3 is 6.18 Å². The molecule has 1 aromatic heterocycles. The smallest absolute Gasteiger partial charge is 0.320 e. The molecule has 0 unspecified atom stereocenters. The monoisotopic (exact) mass is 378 g/mol. The number of nitrogens with one attached hydrogen (secondary N) is 1. The summed E-state index contributed by atoms with van der Waals surface area (Å²) in [5, 5.41) is 2.66. The number of alkyl halides is 3. The van der Waals surface area contributed by atoms with Crippen LogP contribution in [0, 0.1) is 0 Å². The van der Waals surface area contributed by atoms with Gasteiger partial charge in [-0.25, -0.2) is 0 Å². The fraction of sp³-hybridized carbons (Fsp3) is 0.0769. The first-order valence-electron chi connectivity index (χ1n) is 5.57. The number of amides is 1. The van der Waals surface area contributed by atoms with Crippen molar-refractivity contribution >= 4 is 39.1 Å². The van der Waals surface area contributed by atoms with Crippen LogP contribution in [0.15, 0.2) is 41.0 Å². The minimum Gasteiger partial charge on any atom is -0.320 e. The highest BCUT2D eigenvalue weighted by molar-refractivity contribution is 9.10. The molecule has 1 aromatic carbocycles. The summed E-state index contributed by atoms with van der Waals surface area (Å²) in [5.41, 5.74) is -0.858. The van der Waals surface area contributed by atoms with Crippen molar-refractivity contribution in [2.24, 2.45) is 0 Å². The normalized spacial score (nSPS) is 11.3. The van der Waals surface area contributed by atoms with Crippen molar-refractivity contribution in [1.29, 1.82) is 0 Å². The van der Waals surface area contributed by atoms with Crippen molar-refractivity contribution < 1.29 is 18.0 Å². The molecule has 0 atom stereocenters. The van der Waals surface area contributed by atoms with Gasteiger partial charge in [0.1, 0.15) is 5.69 Å². The molecule has 0 saturated carbocycles. The third-order valence-electron chi connectivity index (χ3n) is 2.50. The van der Waals surface area contributed by atoms with Crippen molar-refractivity contribution in [2.75, 3.05) is 5.32 Å². The van der Waals surface area contributed by atoms with Crippen LogP contribution in [-0.4, -0.2) is 10.9 Å². The fourth-order valence-corrected chi connectivity index (χ4v) is 2.02. The zero-order chi connectivity index (χ0) is 15.6. The van der Waals surface area contributed by atoms with E-state index in [9.17, 15) is 18.0 Å². The zero-order valence-corrected chi connectivity index (χ0v) is 12.6. The van der Waals surface area contributed by atoms with E-state index in [1.807, 2.05) is 0 Å². The third-order valence-corrected chi connectivity index (χ3v) is 3.42. The fourth-order valence-electron chi connectivity index (χ4n) is 1.51. The summed E-state index contributed by atoms with van der Waals surface area (Å²) >= 11 is 8.81. The SMILES string of the molecule is O=C(Nc1cc(C(F)(F)F)ccc1Br)c1cc(Cl)ccn1. The molecule has 21 heavy (non-hydrogen) atoms. The molecule has 0 aliphatic heterocycles. The van der Waals surface area contributed by atoms with Crippen molar-refractivity contribution in [3.8, 4) is 0 Å². The van der Waals surface area contributed by atoms with E-state index >= 15 is 0 Å². The van der Waals surface area contributed by atoms with Gasteiger partial charge in [0.05, 0.1) is 11.3 Å². The summed E-state index contributed by atoms with van der Waals surface area (Å²) in [7, 11) is 0. The van der Waals surface area contributed by atoms with Crippen molar-refractivity contribution in [2.45, 2.75) is 6.18 Å². The van der Waals surface area contributed by atoms with E-state index in [-0.39, 0.29) is 11.4 Å². The van der Waals surface area contributed by atoms with Gasteiger partial charge in [0.2, 0.25) is 0 Å². The first-order chi connectivity index (χ1) is 9.77. The number of nitrogens with zero attached hydrogens (tertiary/aromatic N) is 1. The topological polar surface area (TPSA) is 42.0 Å². The van der Waals surface area contributed by atoms with Gasteiger partial charge in [0.25, 0.3) is 5.91 Å². The molecule has 0 saturated heterocycles. The van der Waals surface area contributed by atoms with E-state index in [1.165, 1.54) is 24.4 Å². The Labute approximate surface area is 131 Å². The minimum atomic E-state index is -4.49. The number of halogens is 5. The van der Waals surface area contributed by atoms with Gasteiger partial charge in [-0.2, -0.15) is 13.2 Å². The number of carbonyl (C=O) groups excluding carboxylic acids is 1. The quantitative estimate of drug-likeness (QED) is 0.817. The highest BCUT2D eigenvalue weighted by Crippen LogP contribution is 2.34. The number of anilines is 1. The van der Waals surface area contributed by atoms with Gasteiger partial charge < -0.3 is 5.32 Å². The molecule has 1 heterocycles. The summed E-state index contributed by atoms with van der Waals surface area (Å²) in [6.07, 6.45) is -3.16. The molecular weight excluding hydrogens is 373 g/mol. The molecule has 3 nitrogen and oxygen atoms in total. The number of aromatic nitrogens is 1. The van der Waals surface area contributed by atoms with Crippen molar-refractivity contribution in [3.63, 3.8) is 0 Å². The number of hydrogen-bond donors (Lipinski definition) is 1. The molecule has 0 bridgehead atoms. The largest absolute Gasteiger partial charge is 0.416 e. The Morgan fingerprint density at radius 1 is 1.24 bits per heavy atom. The second-order valence-corrected chi connectivity index (χ2v) is 5.30. The van der Waals surface area contributed by atoms with Crippen LogP contribution in [0.3, 0.4) is 0 Å². The van der Waals surface area contributed by atoms with Crippen LogP contribution in [0.25, 0.3) is 0 Å². The Bertz CT molecular complexity index is 691. The van der Waals surface area contributed by atoms with Gasteiger partial charge in [-0.1, -0.05) is 11.6 Å². The van der Waals surface area contributed by atoms with Crippen LogP contribution in [0.5, 0.6) is 0 Å². The lowest BCUT2D eigenvalue weighted by molar-refractivity contribution is -0.137. The van der Waals surface area contributed by atoms with Crippen LogP contribution < -0.4 is 5.32 Å². The predicted molar refractivity (Wildman–Crippen MR) is 76.3 cm³/mol. The number of carbonyl (C=O) groups is 1. The first kappa shape index (κ1) is 15.8. The second kappa shape index (κ2) is 6.03. The van der Waals surface area contributed by atoms with Gasteiger partial charge in [-0.3, -0.25) is 9.78 Å². The highest BCUT2D eigenvalue weighted by Gasteiger charge is 2.31. The Kier molecular flexibility index (Phi) is 4.53. The lowest BCUT2D eigenvalue weighted by atomic mass is 10.2. The van der Waals surface area contributed by atoms with Crippen LogP contribution in [0.2, 0.25) is 5.02 Å². The Morgan fingerprint density at radius 2 is 1.95 bits per heavy atom. The van der Waals surface area contributed by atoms with Crippen LogP contribution in [0.4, 0.5) is 18.9 Å². The molecule has 0 aliphatic rings. The Hall–Kier alpha value is -1.60. The Balaban J connectivity index is 2.29. The van der Waals surface area contributed by atoms with Crippen molar-refractivity contribution in [1.82, 2.24) is 4.98 Å². The van der Waals surface area contributed by atoms with Gasteiger partial charge in [-0.05, 0) is 46.3 Å². The second-order valence-electron chi connectivity index (χ2n) is 4.01. The van der Waals surface area contributed by atoms with Crippen LogP contribution in [0.1, 0.15) is 16.1 Å². The summed E-state index contributed by atoms with van der Waals surface area (Å²) < 4.78 is 38.3. The molecule has 0 radical (unpaired) electrons. The van der Waals surface area contributed by atoms with Crippen molar-refractivity contribution in [3.05, 3.63) is 57.3 Å². The molecule has 8 heteroatoms. The summed E-state index contributed by atoms with van der Waals surface area (Å²) in [6.45, 7) is 0. The molecule has 0 aliphatic carbocycles. The molecule has 2 aromatic rings. The van der Waals surface area contributed by atoms with E-state index < -0.39 is 17.6 Å². The molecule has 0 spiro atoms. The third kappa shape index (κ3) is 3.95. The average molecular weight is 380 g/mol. The van der Waals surface area contributed by atoms with E-state index in [4.69, 9.17) is 11.6 Å². The maximum atomic E-state index is 12.7. The van der Waals surface area contributed by atoms with E-state index in [1.54, 1.807) is 0 Å². The summed E-state index contributed by atoms with van der Waals surface area (Å²) in [6, 6.07) is 5.77. The summed E-state index contributed by atoms with van der Waals surface area (Å²) in [5.74, 6) is -0.655. The number of pyridine rings is 1. The molecular formula is C13H7BrClF3N2O. The molecule has 2 rings (SSSR count). The molecule has 110 valence electrons. The first-order valence-corrected chi connectivity index (χ1v) is 6.74.